The van der Waals surface area contributed by atoms with E-state index in [9.17, 15) is 4.79 Å². The molecule has 0 aliphatic rings. The number of rotatable bonds is 12. The molecular formula is C22H38O2. The van der Waals surface area contributed by atoms with Gasteiger partial charge in [-0.1, -0.05) is 63.4 Å². The van der Waals surface area contributed by atoms with Crippen molar-refractivity contribution in [1.82, 2.24) is 0 Å². The average Bonchev–Trinajstić information content (AvgIpc) is 2.49. The van der Waals surface area contributed by atoms with E-state index in [1.54, 1.807) is 0 Å². The van der Waals surface area contributed by atoms with Crippen LogP contribution >= 0.6 is 0 Å². The summed E-state index contributed by atoms with van der Waals surface area (Å²) in [5.74, 6) is 6.26. The second-order valence-electron chi connectivity index (χ2n) is 7.43. The Morgan fingerprint density at radius 2 is 1.62 bits per heavy atom. The van der Waals surface area contributed by atoms with Gasteiger partial charge in [-0.25, -0.2) is 0 Å². The fraction of sp³-hybridized carbons (Fsp3) is 0.773. The molecule has 0 saturated heterocycles. The highest BCUT2D eigenvalue weighted by Gasteiger charge is 2.15. The van der Waals surface area contributed by atoms with E-state index >= 15 is 0 Å². The molecule has 0 amide bonds. The summed E-state index contributed by atoms with van der Waals surface area (Å²) in [6.45, 7) is 7.97. The monoisotopic (exact) mass is 334 g/mol. The molecule has 0 radical (unpaired) electrons. The molecule has 0 atom stereocenters. The number of esters is 1. The molecule has 0 rings (SSSR count). The lowest BCUT2D eigenvalue weighted by molar-refractivity contribution is -0.154. The number of carbonyl (C=O) groups is 1. The zero-order chi connectivity index (χ0) is 18.1. The number of allylic oxidation sites excluding steroid dienone is 2. The molecule has 0 aromatic rings. The summed E-state index contributed by atoms with van der Waals surface area (Å²) in [6.07, 6.45) is 17.7. The molecule has 0 fully saturated rings. The topological polar surface area (TPSA) is 26.3 Å². The second-order valence-corrected chi connectivity index (χ2v) is 7.43. The third kappa shape index (κ3) is 18.8. The van der Waals surface area contributed by atoms with Crippen molar-refractivity contribution in [3.63, 3.8) is 0 Å². The summed E-state index contributed by atoms with van der Waals surface area (Å²) in [4.78, 5) is 11.5. The summed E-state index contributed by atoms with van der Waals surface area (Å²) >= 11 is 0. The van der Waals surface area contributed by atoms with Crippen molar-refractivity contribution in [3.05, 3.63) is 12.2 Å². The third-order valence-corrected chi connectivity index (χ3v) is 3.63. The third-order valence-electron chi connectivity index (χ3n) is 3.63. The summed E-state index contributed by atoms with van der Waals surface area (Å²) in [6, 6.07) is 0. The molecule has 0 bridgehead atoms. The van der Waals surface area contributed by atoms with Gasteiger partial charge in [-0.15, -0.1) is 0 Å². The molecule has 138 valence electrons. The van der Waals surface area contributed by atoms with E-state index in [2.05, 4.69) is 24.8 Å². The minimum Gasteiger partial charge on any atom is -0.460 e. The van der Waals surface area contributed by atoms with Gasteiger partial charge < -0.3 is 4.74 Å². The maximum atomic E-state index is 11.5. The number of hydrogen-bond donors (Lipinski definition) is 0. The maximum Gasteiger partial charge on any atom is 0.306 e. The van der Waals surface area contributed by atoms with Crippen LogP contribution in [0.2, 0.25) is 0 Å². The molecule has 0 aromatic heterocycles. The Kier molecular flexibility index (Phi) is 14.5. The van der Waals surface area contributed by atoms with Crippen molar-refractivity contribution in [2.75, 3.05) is 0 Å². The van der Waals surface area contributed by atoms with Crippen LogP contribution in [0.3, 0.4) is 0 Å². The smallest absolute Gasteiger partial charge is 0.306 e. The highest BCUT2D eigenvalue weighted by atomic mass is 16.6. The van der Waals surface area contributed by atoms with Gasteiger partial charge in [-0.3, -0.25) is 4.79 Å². The molecule has 0 N–H and O–H groups in total. The van der Waals surface area contributed by atoms with Crippen LogP contribution in [0.25, 0.3) is 0 Å². The van der Waals surface area contributed by atoms with Gasteiger partial charge in [0.05, 0.1) is 0 Å². The van der Waals surface area contributed by atoms with Crippen LogP contribution in [0, 0.1) is 11.8 Å². The van der Waals surface area contributed by atoms with Gasteiger partial charge in [0, 0.05) is 12.8 Å². The predicted molar refractivity (Wildman–Crippen MR) is 104 cm³/mol. The Morgan fingerprint density at radius 1 is 0.958 bits per heavy atom. The fourth-order valence-corrected chi connectivity index (χ4v) is 2.37. The van der Waals surface area contributed by atoms with Crippen molar-refractivity contribution in [1.29, 1.82) is 0 Å². The summed E-state index contributed by atoms with van der Waals surface area (Å²) in [5, 5.41) is 0. The molecule has 24 heavy (non-hydrogen) atoms. The molecule has 0 heterocycles. The van der Waals surface area contributed by atoms with Crippen molar-refractivity contribution in [2.24, 2.45) is 0 Å². The van der Waals surface area contributed by atoms with Crippen LogP contribution in [0.15, 0.2) is 12.2 Å². The van der Waals surface area contributed by atoms with E-state index in [-0.39, 0.29) is 11.6 Å². The summed E-state index contributed by atoms with van der Waals surface area (Å²) < 4.78 is 5.30. The highest BCUT2D eigenvalue weighted by Crippen LogP contribution is 2.12. The first kappa shape index (κ1) is 22.8. The van der Waals surface area contributed by atoms with Gasteiger partial charge in [-0.2, -0.15) is 0 Å². The van der Waals surface area contributed by atoms with E-state index in [0.29, 0.717) is 6.42 Å². The standard InChI is InChI=1S/C22H38O2/c1-5-6-7-8-9-10-11-12-13-14-15-16-17-18-19-20-21(23)24-22(2,3)4/h12-13H,5-9,14-20H2,1-4H3/b13-12+. The normalized spacial score (nSPS) is 11.3. The second kappa shape index (κ2) is 15.3. The first-order valence-electron chi connectivity index (χ1n) is 9.81. The molecule has 0 aromatic carbocycles. The maximum absolute atomic E-state index is 11.5. The predicted octanol–water partition coefficient (Wildman–Crippen LogP) is 6.59. The Balaban J connectivity index is 3.37. The lowest BCUT2D eigenvalue weighted by Gasteiger charge is -2.19. The SMILES string of the molecule is CCCCCCC#C/C=C/CCCCCCCC(=O)OC(C)(C)C. The zero-order valence-corrected chi connectivity index (χ0v) is 16.5. The number of hydrogen-bond acceptors (Lipinski definition) is 2. The van der Waals surface area contributed by atoms with E-state index in [1.165, 1.54) is 44.9 Å². The molecule has 0 spiro atoms. The van der Waals surface area contributed by atoms with Gasteiger partial charge in [0.25, 0.3) is 0 Å². The Hall–Kier alpha value is -1.23. The molecule has 0 unspecified atom stereocenters. The van der Waals surface area contributed by atoms with Gasteiger partial charge in [0.2, 0.25) is 0 Å². The Morgan fingerprint density at radius 3 is 2.33 bits per heavy atom. The van der Waals surface area contributed by atoms with Crippen molar-refractivity contribution in [3.8, 4) is 11.8 Å². The number of carbonyl (C=O) groups excluding carboxylic acids is 1. The van der Waals surface area contributed by atoms with Crippen molar-refractivity contribution >= 4 is 5.97 Å². The van der Waals surface area contributed by atoms with Crippen molar-refractivity contribution in [2.45, 2.75) is 110 Å². The van der Waals surface area contributed by atoms with Crippen LogP contribution in [0.1, 0.15) is 105 Å². The van der Waals surface area contributed by atoms with Gasteiger partial charge in [0.15, 0.2) is 0 Å². The molecule has 0 aliphatic carbocycles. The molecule has 0 saturated carbocycles. The van der Waals surface area contributed by atoms with Gasteiger partial charge in [0.1, 0.15) is 5.60 Å². The minimum absolute atomic E-state index is 0.0706. The van der Waals surface area contributed by atoms with E-state index in [4.69, 9.17) is 4.74 Å². The van der Waals surface area contributed by atoms with Crippen LogP contribution in [-0.2, 0) is 9.53 Å². The highest BCUT2D eigenvalue weighted by molar-refractivity contribution is 5.69. The van der Waals surface area contributed by atoms with E-state index < -0.39 is 0 Å². The quantitative estimate of drug-likeness (QED) is 0.229. The first-order valence-corrected chi connectivity index (χ1v) is 9.81. The van der Waals surface area contributed by atoms with Crippen LogP contribution in [-0.4, -0.2) is 11.6 Å². The summed E-state index contributed by atoms with van der Waals surface area (Å²) in [5.41, 5.74) is -0.359. The summed E-state index contributed by atoms with van der Waals surface area (Å²) in [7, 11) is 0. The lowest BCUT2D eigenvalue weighted by Crippen LogP contribution is -2.23. The van der Waals surface area contributed by atoms with Crippen LogP contribution < -0.4 is 0 Å². The minimum atomic E-state index is -0.359. The van der Waals surface area contributed by atoms with Crippen LogP contribution in [0.4, 0.5) is 0 Å². The average molecular weight is 335 g/mol. The first-order chi connectivity index (χ1) is 11.5. The Bertz CT molecular complexity index is 390. The fourth-order valence-electron chi connectivity index (χ4n) is 2.37. The molecular weight excluding hydrogens is 296 g/mol. The Labute approximate surface area is 150 Å². The lowest BCUT2D eigenvalue weighted by atomic mass is 10.1. The van der Waals surface area contributed by atoms with Gasteiger partial charge in [-0.05, 0) is 52.5 Å². The van der Waals surface area contributed by atoms with Crippen molar-refractivity contribution < 1.29 is 9.53 Å². The zero-order valence-electron chi connectivity index (χ0n) is 16.5. The largest absolute Gasteiger partial charge is 0.460 e. The van der Waals surface area contributed by atoms with E-state index in [1.807, 2.05) is 26.8 Å². The van der Waals surface area contributed by atoms with Gasteiger partial charge >= 0.3 is 5.97 Å². The molecule has 2 heteroatoms. The van der Waals surface area contributed by atoms with E-state index in [0.717, 1.165) is 25.7 Å². The molecule has 2 nitrogen and oxygen atoms in total. The number of ether oxygens (including phenoxy) is 1. The van der Waals surface area contributed by atoms with Crippen LogP contribution in [0.5, 0.6) is 0 Å². The number of unbranched alkanes of at least 4 members (excludes halogenated alkanes) is 9. The molecule has 0 aliphatic heterocycles.